The quantitative estimate of drug-likeness (QED) is 0.854. The molecule has 2 aromatic rings. The lowest BCUT2D eigenvalue weighted by Gasteiger charge is -2.14. The van der Waals surface area contributed by atoms with Crippen LogP contribution in [0.2, 0.25) is 0 Å². The van der Waals surface area contributed by atoms with Crippen LogP contribution in [-0.2, 0) is 10.0 Å². The fraction of sp³-hybridized carbons (Fsp3) is 0.500. The molecule has 1 aliphatic carbocycles. The van der Waals surface area contributed by atoms with E-state index in [1.54, 1.807) is 29.8 Å². The highest BCUT2D eigenvalue weighted by molar-refractivity contribution is 7.89. The second kappa shape index (κ2) is 5.31. The third-order valence-corrected chi connectivity index (χ3v) is 5.33. The summed E-state index contributed by atoms with van der Waals surface area (Å²) >= 11 is 0. The highest BCUT2D eigenvalue weighted by Crippen LogP contribution is 2.33. The summed E-state index contributed by atoms with van der Waals surface area (Å²) in [5.74, 6) is 1.04. The van der Waals surface area contributed by atoms with E-state index in [9.17, 15) is 8.42 Å². The molecule has 1 fully saturated rings. The van der Waals surface area contributed by atoms with Crippen molar-refractivity contribution in [3.8, 4) is 0 Å². The maximum atomic E-state index is 12.7. The van der Waals surface area contributed by atoms with E-state index in [0.717, 1.165) is 6.42 Å². The van der Waals surface area contributed by atoms with E-state index in [4.69, 9.17) is 0 Å². The standard InChI is InChI=1S/C14H20N4O2S/c1-10(9-11-6-7-11)17-21(19,20)14-13(15-2)16-12-5-3-4-8-18(12)14/h3-5,8,10-11,15,17H,6-7,9H2,1-2H3. The van der Waals surface area contributed by atoms with E-state index in [2.05, 4.69) is 15.0 Å². The molecular weight excluding hydrogens is 288 g/mol. The van der Waals surface area contributed by atoms with Gasteiger partial charge in [-0.1, -0.05) is 18.9 Å². The van der Waals surface area contributed by atoms with Crippen LogP contribution in [0.15, 0.2) is 29.4 Å². The number of nitrogens with zero attached hydrogens (tertiary/aromatic N) is 2. The Labute approximate surface area is 124 Å². The molecule has 6 nitrogen and oxygen atoms in total. The van der Waals surface area contributed by atoms with Gasteiger partial charge in [0.25, 0.3) is 10.0 Å². The molecule has 0 radical (unpaired) electrons. The summed E-state index contributed by atoms with van der Waals surface area (Å²) in [7, 11) is -1.94. The summed E-state index contributed by atoms with van der Waals surface area (Å²) in [6, 6.07) is 5.34. The topological polar surface area (TPSA) is 75.5 Å². The van der Waals surface area contributed by atoms with Crippen LogP contribution < -0.4 is 10.0 Å². The predicted molar refractivity (Wildman–Crippen MR) is 81.9 cm³/mol. The number of sulfonamides is 1. The summed E-state index contributed by atoms with van der Waals surface area (Å²) in [6.07, 6.45) is 5.03. The predicted octanol–water partition coefficient (Wildman–Crippen LogP) is 1.84. The minimum absolute atomic E-state index is 0.0681. The second-order valence-electron chi connectivity index (χ2n) is 5.65. The summed E-state index contributed by atoms with van der Waals surface area (Å²) in [5.41, 5.74) is 0.608. The first-order valence-corrected chi connectivity index (χ1v) is 8.67. The van der Waals surface area contributed by atoms with Crippen LogP contribution in [0, 0.1) is 5.92 Å². The molecule has 0 aromatic carbocycles. The van der Waals surface area contributed by atoms with Crippen LogP contribution >= 0.6 is 0 Å². The summed E-state index contributed by atoms with van der Waals surface area (Å²) in [6.45, 7) is 1.91. The fourth-order valence-corrected chi connectivity index (χ4v) is 4.17. The third-order valence-electron chi connectivity index (χ3n) is 3.72. The zero-order valence-electron chi connectivity index (χ0n) is 12.2. The number of rotatable bonds is 6. The number of anilines is 1. The number of hydrogen-bond donors (Lipinski definition) is 2. The second-order valence-corrected chi connectivity index (χ2v) is 7.28. The Hall–Kier alpha value is -1.60. The minimum atomic E-state index is -3.62. The van der Waals surface area contributed by atoms with Gasteiger partial charge in [0.2, 0.25) is 0 Å². The lowest BCUT2D eigenvalue weighted by molar-refractivity contribution is 0.527. The smallest absolute Gasteiger partial charge is 0.260 e. The van der Waals surface area contributed by atoms with Crippen LogP contribution in [0.1, 0.15) is 26.2 Å². The lowest BCUT2D eigenvalue weighted by atomic mass is 10.2. The van der Waals surface area contributed by atoms with Gasteiger partial charge in [-0.2, -0.15) is 0 Å². The number of pyridine rings is 1. The van der Waals surface area contributed by atoms with Gasteiger partial charge in [-0.3, -0.25) is 4.40 Å². The van der Waals surface area contributed by atoms with Crippen LogP contribution in [0.25, 0.3) is 5.65 Å². The zero-order chi connectivity index (χ0) is 15.0. The molecule has 2 N–H and O–H groups in total. The van der Waals surface area contributed by atoms with Crippen molar-refractivity contribution in [2.45, 2.75) is 37.3 Å². The molecular formula is C14H20N4O2S. The van der Waals surface area contributed by atoms with Crippen molar-refractivity contribution < 1.29 is 8.42 Å². The number of hydrogen-bond acceptors (Lipinski definition) is 4. The van der Waals surface area contributed by atoms with Gasteiger partial charge in [0.1, 0.15) is 5.65 Å². The third kappa shape index (κ3) is 2.89. The van der Waals surface area contributed by atoms with Gasteiger partial charge >= 0.3 is 0 Å². The van der Waals surface area contributed by atoms with E-state index < -0.39 is 10.0 Å². The first-order valence-electron chi connectivity index (χ1n) is 7.18. The fourth-order valence-electron chi connectivity index (χ4n) is 2.62. The van der Waals surface area contributed by atoms with Gasteiger partial charge in [-0.15, -0.1) is 0 Å². The van der Waals surface area contributed by atoms with E-state index in [-0.39, 0.29) is 11.1 Å². The van der Waals surface area contributed by atoms with Crippen molar-refractivity contribution in [1.29, 1.82) is 0 Å². The Morgan fingerprint density at radius 1 is 1.43 bits per heavy atom. The SMILES string of the molecule is CNc1nc2ccccn2c1S(=O)(=O)NC(C)CC1CC1. The Bertz CT molecular complexity index is 749. The molecule has 2 heterocycles. The molecule has 3 rings (SSSR count). The molecule has 0 amide bonds. The highest BCUT2D eigenvalue weighted by Gasteiger charge is 2.29. The summed E-state index contributed by atoms with van der Waals surface area (Å²) < 4.78 is 29.7. The van der Waals surface area contributed by atoms with Gasteiger partial charge in [-0.25, -0.2) is 18.1 Å². The van der Waals surface area contributed by atoms with Crippen LogP contribution in [0.4, 0.5) is 5.82 Å². The van der Waals surface area contributed by atoms with Gasteiger partial charge in [-0.05, 0) is 31.4 Å². The number of imidazole rings is 1. The number of aromatic nitrogens is 2. The van der Waals surface area contributed by atoms with Crippen molar-refractivity contribution in [1.82, 2.24) is 14.1 Å². The summed E-state index contributed by atoms with van der Waals surface area (Å²) in [4.78, 5) is 4.31. The lowest BCUT2D eigenvalue weighted by Crippen LogP contribution is -2.34. The Kier molecular flexibility index (Phi) is 3.62. The monoisotopic (exact) mass is 308 g/mol. The molecule has 1 aliphatic rings. The number of fused-ring (bicyclic) bond motifs is 1. The number of nitrogens with one attached hydrogen (secondary N) is 2. The van der Waals surface area contributed by atoms with Gasteiger partial charge < -0.3 is 5.32 Å². The maximum Gasteiger partial charge on any atom is 0.260 e. The molecule has 21 heavy (non-hydrogen) atoms. The van der Waals surface area contributed by atoms with Crippen molar-refractivity contribution >= 4 is 21.5 Å². The van der Waals surface area contributed by atoms with E-state index in [1.165, 1.54) is 12.8 Å². The molecule has 1 unspecified atom stereocenters. The normalized spacial score (nSPS) is 17.0. The Morgan fingerprint density at radius 2 is 2.19 bits per heavy atom. The molecule has 1 saturated carbocycles. The van der Waals surface area contributed by atoms with Crippen LogP contribution in [0.5, 0.6) is 0 Å². The van der Waals surface area contributed by atoms with Crippen LogP contribution in [-0.4, -0.2) is 30.9 Å². The van der Waals surface area contributed by atoms with Crippen molar-refractivity contribution in [3.05, 3.63) is 24.4 Å². The largest absolute Gasteiger partial charge is 0.371 e. The molecule has 1 atom stereocenters. The Morgan fingerprint density at radius 3 is 2.86 bits per heavy atom. The van der Waals surface area contributed by atoms with E-state index in [1.807, 2.05) is 13.0 Å². The first kappa shape index (κ1) is 14.3. The summed E-state index contributed by atoms with van der Waals surface area (Å²) in [5, 5.41) is 3.04. The average Bonchev–Trinajstić information content (AvgIpc) is 3.14. The molecule has 0 spiro atoms. The maximum absolute atomic E-state index is 12.7. The van der Waals surface area contributed by atoms with Gasteiger partial charge in [0.15, 0.2) is 10.8 Å². The molecule has 7 heteroatoms. The van der Waals surface area contributed by atoms with Crippen molar-refractivity contribution in [3.63, 3.8) is 0 Å². The Balaban J connectivity index is 1.96. The van der Waals surface area contributed by atoms with E-state index in [0.29, 0.717) is 17.4 Å². The minimum Gasteiger partial charge on any atom is -0.371 e. The molecule has 114 valence electrons. The highest BCUT2D eigenvalue weighted by atomic mass is 32.2. The van der Waals surface area contributed by atoms with Crippen LogP contribution in [0.3, 0.4) is 0 Å². The molecule has 0 aliphatic heterocycles. The average molecular weight is 308 g/mol. The zero-order valence-corrected chi connectivity index (χ0v) is 13.0. The first-order chi connectivity index (χ1) is 10.0. The van der Waals surface area contributed by atoms with Gasteiger partial charge in [0.05, 0.1) is 0 Å². The van der Waals surface area contributed by atoms with Crippen molar-refractivity contribution in [2.24, 2.45) is 5.92 Å². The molecule has 0 saturated heterocycles. The van der Waals surface area contributed by atoms with E-state index >= 15 is 0 Å². The van der Waals surface area contributed by atoms with Gasteiger partial charge in [0, 0.05) is 19.3 Å². The van der Waals surface area contributed by atoms with Crippen molar-refractivity contribution in [2.75, 3.05) is 12.4 Å². The molecule has 2 aromatic heterocycles. The molecule has 0 bridgehead atoms.